The van der Waals surface area contributed by atoms with Crippen molar-refractivity contribution in [2.45, 2.75) is 13.0 Å². The molecular weight excluding hydrogens is 276 g/mol. The summed E-state index contributed by atoms with van der Waals surface area (Å²) >= 11 is 0. The molecule has 0 aromatic carbocycles. The minimum Gasteiger partial charge on any atom is -0.388 e. The Bertz CT molecular complexity index is 618. The van der Waals surface area contributed by atoms with Crippen LogP contribution in [0, 0.1) is 17.0 Å². The van der Waals surface area contributed by atoms with Crippen LogP contribution in [0.2, 0.25) is 0 Å². The Morgan fingerprint density at radius 2 is 2.14 bits per heavy atom. The third kappa shape index (κ3) is 4.20. The zero-order chi connectivity index (χ0) is 15.2. The van der Waals surface area contributed by atoms with Gasteiger partial charge in [-0.3, -0.25) is 10.4 Å². The third-order valence-electron chi connectivity index (χ3n) is 2.84. The predicted molar refractivity (Wildman–Crippen MR) is 76.0 cm³/mol. The first kappa shape index (κ1) is 14.8. The average Bonchev–Trinajstić information content (AvgIpc) is 2.45. The summed E-state index contributed by atoms with van der Waals surface area (Å²) in [6.07, 6.45) is 4.52. The molecule has 0 atom stereocenters. The number of anilines is 1. The molecule has 0 radical (unpaired) electrons. The van der Waals surface area contributed by atoms with Crippen molar-refractivity contribution >= 4 is 11.7 Å². The van der Waals surface area contributed by atoms with E-state index >= 15 is 0 Å². The van der Waals surface area contributed by atoms with E-state index in [1.807, 2.05) is 6.07 Å². The summed E-state index contributed by atoms with van der Waals surface area (Å²) in [6, 6.07) is 4.40. The zero-order valence-corrected chi connectivity index (χ0v) is 11.3. The number of pyridine rings is 2. The average molecular weight is 291 g/mol. The molecule has 2 aromatic heterocycles. The number of amidine groups is 1. The summed E-state index contributed by atoms with van der Waals surface area (Å²) in [4.78, 5) is 9.40. The maximum absolute atomic E-state index is 13.9. The van der Waals surface area contributed by atoms with E-state index in [0.717, 1.165) is 17.8 Å². The Balaban J connectivity index is 2.24. The lowest BCUT2D eigenvalue weighted by Crippen LogP contribution is -2.29. The molecule has 0 aliphatic carbocycles. The fourth-order valence-corrected chi connectivity index (χ4v) is 1.87. The SMILES string of the molecule is N=C(N)CCN(Cc1cccnc1)c1ncc(F)cc1F. The normalized spacial score (nSPS) is 10.4. The van der Waals surface area contributed by atoms with Crippen LogP contribution >= 0.6 is 0 Å². The van der Waals surface area contributed by atoms with Crippen LogP contribution in [0.3, 0.4) is 0 Å². The van der Waals surface area contributed by atoms with Crippen LogP contribution < -0.4 is 10.6 Å². The van der Waals surface area contributed by atoms with Gasteiger partial charge in [-0.15, -0.1) is 0 Å². The lowest BCUT2D eigenvalue weighted by atomic mass is 10.2. The quantitative estimate of drug-likeness (QED) is 0.631. The van der Waals surface area contributed by atoms with Crippen molar-refractivity contribution in [1.82, 2.24) is 9.97 Å². The van der Waals surface area contributed by atoms with Crippen LogP contribution in [-0.2, 0) is 6.54 Å². The first-order valence-corrected chi connectivity index (χ1v) is 6.34. The first-order valence-electron chi connectivity index (χ1n) is 6.34. The predicted octanol–water partition coefficient (Wildman–Crippen LogP) is 2.09. The lowest BCUT2D eigenvalue weighted by molar-refractivity contribution is 0.566. The molecule has 0 saturated carbocycles. The fourth-order valence-electron chi connectivity index (χ4n) is 1.87. The van der Waals surface area contributed by atoms with Crippen molar-refractivity contribution in [3.63, 3.8) is 0 Å². The molecule has 2 aromatic rings. The van der Waals surface area contributed by atoms with Gasteiger partial charge in [0.25, 0.3) is 0 Å². The Morgan fingerprint density at radius 1 is 1.33 bits per heavy atom. The van der Waals surface area contributed by atoms with Crippen LogP contribution in [0.25, 0.3) is 0 Å². The van der Waals surface area contributed by atoms with Crippen LogP contribution in [0.1, 0.15) is 12.0 Å². The van der Waals surface area contributed by atoms with Gasteiger partial charge >= 0.3 is 0 Å². The van der Waals surface area contributed by atoms with E-state index in [-0.39, 0.29) is 18.1 Å². The highest BCUT2D eigenvalue weighted by atomic mass is 19.1. The van der Waals surface area contributed by atoms with E-state index in [9.17, 15) is 8.78 Å². The van der Waals surface area contributed by atoms with E-state index in [1.54, 1.807) is 23.4 Å². The molecule has 0 spiro atoms. The minimum atomic E-state index is -0.748. The van der Waals surface area contributed by atoms with Crippen molar-refractivity contribution in [3.05, 3.63) is 54.0 Å². The highest BCUT2D eigenvalue weighted by Crippen LogP contribution is 2.19. The maximum atomic E-state index is 13.9. The van der Waals surface area contributed by atoms with E-state index < -0.39 is 11.6 Å². The fraction of sp³-hybridized carbons (Fsp3) is 0.214. The number of hydrogen-bond donors (Lipinski definition) is 2. The maximum Gasteiger partial charge on any atom is 0.168 e. The van der Waals surface area contributed by atoms with Gasteiger partial charge in [0.2, 0.25) is 0 Å². The van der Waals surface area contributed by atoms with Gasteiger partial charge in [0.1, 0.15) is 5.82 Å². The Morgan fingerprint density at radius 3 is 2.76 bits per heavy atom. The van der Waals surface area contributed by atoms with Crippen LogP contribution in [0.4, 0.5) is 14.6 Å². The second-order valence-corrected chi connectivity index (χ2v) is 4.52. The smallest absolute Gasteiger partial charge is 0.168 e. The number of halogens is 2. The van der Waals surface area contributed by atoms with Gasteiger partial charge in [0.15, 0.2) is 11.6 Å². The van der Waals surface area contributed by atoms with Gasteiger partial charge in [0, 0.05) is 38.0 Å². The summed E-state index contributed by atoms with van der Waals surface area (Å²) < 4.78 is 26.8. The Hall–Kier alpha value is -2.57. The number of aromatic nitrogens is 2. The van der Waals surface area contributed by atoms with Crippen molar-refractivity contribution in [2.24, 2.45) is 5.73 Å². The first-order chi connectivity index (χ1) is 10.1. The van der Waals surface area contributed by atoms with Gasteiger partial charge < -0.3 is 10.6 Å². The van der Waals surface area contributed by atoms with Gasteiger partial charge in [0.05, 0.1) is 12.0 Å². The van der Waals surface area contributed by atoms with E-state index in [2.05, 4.69) is 9.97 Å². The standard InChI is InChI=1S/C14H15F2N5/c15-11-6-12(16)14(20-8-11)21(5-3-13(17)18)9-10-2-1-4-19-7-10/h1-2,4,6-8H,3,5,9H2,(H3,17,18). The minimum absolute atomic E-state index is 0.00583. The van der Waals surface area contributed by atoms with E-state index in [4.69, 9.17) is 11.1 Å². The molecule has 0 fully saturated rings. The summed E-state index contributed by atoms with van der Waals surface area (Å²) in [6.45, 7) is 0.649. The molecule has 0 amide bonds. The second kappa shape index (κ2) is 6.74. The highest BCUT2D eigenvalue weighted by Gasteiger charge is 2.15. The van der Waals surface area contributed by atoms with Gasteiger partial charge in [-0.05, 0) is 11.6 Å². The number of rotatable bonds is 6. The molecule has 110 valence electrons. The number of nitrogens with zero attached hydrogens (tertiary/aromatic N) is 3. The van der Waals surface area contributed by atoms with E-state index in [1.165, 1.54) is 0 Å². The largest absolute Gasteiger partial charge is 0.388 e. The van der Waals surface area contributed by atoms with Gasteiger partial charge in [-0.1, -0.05) is 6.07 Å². The van der Waals surface area contributed by atoms with Crippen LogP contribution in [0.15, 0.2) is 36.8 Å². The van der Waals surface area contributed by atoms with E-state index in [0.29, 0.717) is 13.1 Å². The molecule has 0 aliphatic heterocycles. The van der Waals surface area contributed by atoms with Crippen molar-refractivity contribution < 1.29 is 8.78 Å². The molecule has 5 nitrogen and oxygen atoms in total. The lowest BCUT2D eigenvalue weighted by Gasteiger charge is -2.23. The molecule has 0 bridgehead atoms. The van der Waals surface area contributed by atoms with Gasteiger partial charge in [-0.25, -0.2) is 13.8 Å². The summed E-state index contributed by atoms with van der Waals surface area (Å²) in [5, 5.41) is 7.28. The number of nitrogens with one attached hydrogen (secondary N) is 1. The number of hydrogen-bond acceptors (Lipinski definition) is 4. The Kier molecular flexibility index (Phi) is 4.76. The molecule has 7 heteroatoms. The van der Waals surface area contributed by atoms with Crippen molar-refractivity contribution in [1.29, 1.82) is 5.41 Å². The molecule has 2 rings (SSSR count). The molecule has 21 heavy (non-hydrogen) atoms. The van der Waals surface area contributed by atoms with Gasteiger partial charge in [-0.2, -0.15) is 0 Å². The topological polar surface area (TPSA) is 78.9 Å². The van der Waals surface area contributed by atoms with Crippen molar-refractivity contribution in [2.75, 3.05) is 11.4 Å². The Labute approximate surface area is 121 Å². The number of nitrogens with two attached hydrogens (primary N) is 1. The monoisotopic (exact) mass is 291 g/mol. The molecule has 3 N–H and O–H groups in total. The third-order valence-corrected chi connectivity index (χ3v) is 2.84. The van der Waals surface area contributed by atoms with Crippen molar-refractivity contribution in [3.8, 4) is 0 Å². The zero-order valence-electron chi connectivity index (χ0n) is 11.3. The second-order valence-electron chi connectivity index (χ2n) is 4.52. The summed E-state index contributed by atoms with van der Waals surface area (Å²) in [5.41, 5.74) is 6.20. The van der Waals surface area contributed by atoms with Crippen LogP contribution in [0.5, 0.6) is 0 Å². The summed E-state index contributed by atoms with van der Waals surface area (Å²) in [5.74, 6) is -1.46. The molecule has 0 aliphatic rings. The van der Waals surface area contributed by atoms with Crippen LogP contribution in [-0.4, -0.2) is 22.3 Å². The molecule has 0 saturated heterocycles. The molecular formula is C14H15F2N5. The molecule has 0 unspecified atom stereocenters. The molecule has 2 heterocycles. The summed E-state index contributed by atoms with van der Waals surface area (Å²) in [7, 11) is 0. The highest BCUT2D eigenvalue weighted by molar-refractivity contribution is 5.77.